The van der Waals surface area contributed by atoms with Crippen molar-refractivity contribution in [1.29, 1.82) is 0 Å². The van der Waals surface area contributed by atoms with E-state index in [2.05, 4.69) is 41.9 Å². The number of phenols is 1. The van der Waals surface area contributed by atoms with Gasteiger partial charge in [-0.05, 0) is 50.3 Å². The van der Waals surface area contributed by atoms with Gasteiger partial charge in [-0.1, -0.05) is 208 Å². The van der Waals surface area contributed by atoms with Crippen LogP contribution in [0, 0.1) is 0 Å². The first kappa shape index (κ1) is 60.0. The Morgan fingerprint density at radius 2 is 0.942 bits per heavy atom. The first-order valence-electron chi connectivity index (χ1n) is 29.0. The minimum Gasteiger partial charge on any atom is -0.507 e. The zero-order chi connectivity index (χ0) is 50.0. The van der Waals surface area contributed by atoms with E-state index in [9.17, 15) is 23.4 Å². The molecule has 0 bridgehead atoms. The van der Waals surface area contributed by atoms with E-state index in [1.807, 2.05) is 25.1 Å². The van der Waals surface area contributed by atoms with Gasteiger partial charge in [0, 0.05) is 61.0 Å². The van der Waals surface area contributed by atoms with Gasteiger partial charge >= 0.3 is 0 Å². The highest BCUT2D eigenvalue weighted by Crippen LogP contribution is 2.43. The zero-order valence-electron chi connectivity index (χ0n) is 45.0. The molecule has 0 spiro atoms. The van der Waals surface area contributed by atoms with Gasteiger partial charge in [-0.3, -0.25) is 9.52 Å². The Balaban J connectivity index is 1.87. The Morgan fingerprint density at radius 3 is 1.36 bits per heavy atom. The molecule has 0 amide bonds. The van der Waals surface area contributed by atoms with Crippen molar-refractivity contribution in [3.63, 3.8) is 0 Å². The monoisotopic (exact) mass is 977 g/mol. The standard InChI is InChI=1S/C60H101N3O5S/c1-6-11-16-20-24-26-28-30-34-38-46-63(47-39-35-31-29-27-25-21-17-12-7-2)52-41-43-54(56(64)50-52)58-59(65)57(60(58)66)53-42-40-51(49-55(53)61-69(67,68)48-15-10-5)62(44-36-32-22-18-13-8-3)45-37-33-23-19-14-9-4/h40-43,49-50H,6-39,44-48H2,1-5H3,(H2,61,64,65,66)/p+1. The summed E-state index contributed by atoms with van der Waals surface area (Å²) in [6.07, 6.45) is 46.8. The number of phenolic OH excluding ortho intramolecular Hbond substituents is 1. The molecule has 392 valence electrons. The summed E-state index contributed by atoms with van der Waals surface area (Å²) in [6.45, 7) is 14.6. The first-order chi connectivity index (χ1) is 33.6. The number of anilines is 1. The fraction of sp³-hybridized carbons (Fsp3) is 0.733. The number of aliphatic hydroxyl groups is 1. The predicted molar refractivity (Wildman–Crippen MR) is 296 cm³/mol. The number of hydrogen-bond donors (Lipinski definition) is 3. The molecule has 0 heterocycles. The van der Waals surface area contributed by atoms with Crippen molar-refractivity contribution in [3.8, 4) is 5.75 Å². The minimum absolute atomic E-state index is 0.0294. The Labute approximate surface area is 423 Å². The molecule has 0 aliphatic heterocycles. The average molecular weight is 978 g/mol. The number of allylic oxidation sites excluding steroid dienone is 5. The van der Waals surface area contributed by atoms with Crippen molar-refractivity contribution in [2.75, 3.05) is 36.8 Å². The molecule has 0 atom stereocenters. The summed E-state index contributed by atoms with van der Waals surface area (Å²) in [5, 5.41) is 23.3. The zero-order valence-corrected chi connectivity index (χ0v) is 45.8. The van der Waals surface area contributed by atoms with Gasteiger partial charge in [-0.15, -0.1) is 0 Å². The van der Waals surface area contributed by atoms with Gasteiger partial charge in [-0.2, -0.15) is 0 Å². The van der Waals surface area contributed by atoms with Crippen LogP contribution in [0.25, 0.3) is 5.57 Å². The second kappa shape index (κ2) is 36.6. The van der Waals surface area contributed by atoms with Crippen LogP contribution in [0.5, 0.6) is 5.75 Å². The highest BCUT2D eigenvalue weighted by atomic mass is 32.2. The molecule has 9 heteroatoms. The third-order valence-corrected chi connectivity index (χ3v) is 15.7. The summed E-state index contributed by atoms with van der Waals surface area (Å²) in [5.74, 6) is -0.680. The third-order valence-electron chi connectivity index (χ3n) is 14.3. The van der Waals surface area contributed by atoms with Crippen LogP contribution in [-0.2, 0) is 14.8 Å². The number of sulfonamides is 1. The van der Waals surface area contributed by atoms with Crippen molar-refractivity contribution in [2.24, 2.45) is 0 Å². The van der Waals surface area contributed by atoms with E-state index < -0.39 is 15.8 Å². The molecular weight excluding hydrogens is 875 g/mol. The average Bonchev–Trinajstić information content (AvgIpc) is 3.34. The molecule has 0 unspecified atom stereocenters. The number of nitrogens with one attached hydrogen (secondary N) is 1. The summed E-state index contributed by atoms with van der Waals surface area (Å²) in [6, 6.07) is 5.52. The van der Waals surface area contributed by atoms with Crippen LogP contribution >= 0.6 is 0 Å². The lowest BCUT2D eigenvalue weighted by molar-refractivity contribution is -0.527. The lowest BCUT2D eigenvalue weighted by Gasteiger charge is -2.28. The van der Waals surface area contributed by atoms with Gasteiger partial charge in [0.25, 0.3) is 0 Å². The molecule has 1 aromatic carbocycles. The summed E-state index contributed by atoms with van der Waals surface area (Å²) in [4.78, 5) is 16.6. The van der Waals surface area contributed by atoms with Crippen molar-refractivity contribution in [3.05, 3.63) is 64.6 Å². The fourth-order valence-corrected chi connectivity index (χ4v) is 11.2. The van der Waals surface area contributed by atoms with E-state index in [4.69, 9.17) is 0 Å². The van der Waals surface area contributed by atoms with E-state index in [0.29, 0.717) is 23.3 Å². The molecule has 0 saturated carbocycles. The smallest absolute Gasteiger partial charge is 0.232 e. The van der Waals surface area contributed by atoms with Crippen LogP contribution in [0.3, 0.4) is 0 Å². The van der Waals surface area contributed by atoms with Crippen LogP contribution in [0.2, 0.25) is 0 Å². The van der Waals surface area contributed by atoms with E-state index in [0.717, 1.165) is 82.5 Å². The summed E-state index contributed by atoms with van der Waals surface area (Å²) in [7, 11) is -3.73. The van der Waals surface area contributed by atoms with E-state index in [-0.39, 0.29) is 28.4 Å². The first-order valence-corrected chi connectivity index (χ1v) is 30.6. The quantitative estimate of drug-likeness (QED) is 0.0342. The largest absolute Gasteiger partial charge is 0.507 e. The highest BCUT2D eigenvalue weighted by Gasteiger charge is 2.40. The van der Waals surface area contributed by atoms with Gasteiger partial charge in [0.1, 0.15) is 24.6 Å². The lowest BCUT2D eigenvalue weighted by Crippen LogP contribution is -2.32. The molecule has 2 aliphatic rings. The maximum atomic E-state index is 14.2. The lowest BCUT2D eigenvalue weighted by atomic mass is 9.79. The normalized spacial score (nSPS) is 15.0. The molecule has 2 aliphatic carbocycles. The molecule has 1 aromatic rings. The third kappa shape index (κ3) is 23.2. The Hall–Kier alpha value is -3.33. The number of nitrogens with zero attached hydrogens (tertiary/aromatic N) is 2. The number of carbonyl (C=O) groups is 1. The minimum atomic E-state index is -3.73. The number of ketones is 1. The maximum Gasteiger partial charge on any atom is 0.232 e. The van der Waals surface area contributed by atoms with Crippen LogP contribution < -0.4 is 9.62 Å². The number of aliphatic hydroxyl groups excluding tert-OH is 1. The second-order valence-corrected chi connectivity index (χ2v) is 22.3. The number of rotatable bonds is 43. The van der Waals surface area contributed by atoms with Gasteiger partial charge < -0.3 is 15.1 Å². The topological polar surface area (TPSA) is 110 Å². The van der Waals surface area contributed by atoms with E-state index in [1.54, 1.807) is 18.2 Å². The molecule has 0 aromatic heterocycles. The maximum absolute atomic E-state index is 14.2. The fourth-order valence-electron chi connectivity index (χ4n) is 9.90. The van der Waals surface area contributed by atoms with Crippen LogP contribution in [-0.4, -0.2) is 66.6 Å². The summed E-state index contributed by atoms with van der Waals surface area (Å²) in [5.41, 5.74) is 2.97. The highest BCUT2D eigenvalue weighted by molar-refractivity contribution is 7.89. The SMILES string of the molecule is CCCCCCCCCCCCN(CCCCCCCCCCCC)c1ccc(C2=C(O)/C(=C3\C=CC(=[N+](CCCCCCCC)CCCCCCCC)C=C3NS(=O)(=O)CCCC)C2=O)c(O)c1. The van der Waals surface area contributed by atoms with Gasteiger partial charge in [0.15, 0.2) is 0 Å². The molecule has 69 heavy (non-hydrogen) atoms. The van der Waals surface area contributed by atoms with Crippen molar-refractivity contribution in [2.45, 2.75) is 253 Å². The number of unbranched alkanes of at least 4 members (excludes halogenated alkanes) is 29. The van der Waals surface area contributed by atoms with Gasteiger partial charge in [0.05, 0.1) is 22.6 Å². The molecule has 0 saturated heterocycles. The van der Waals surface area contributed by atoms with E-state index >= 15 is 0 Å². The summed E-state index contributed by atoms with van der Waals surface area (Å²) >= 11 is 0. The molecule has 0 fully saturated rings. The van der Waals surface area contributed by atoms with Crippen LogP contribution in [0.4, 0.5) is 5.69 Å². The van der Waals surface area contributed by atoms with Crippen molar-refractivity contribution in [1.82, 2.24) is 4.72 Å². The van der Waals surface area contributed by atoms with Crippen LogP contribution in [0.15, 0.2) is 59.0 Å². The Kier molecular flexibility index (Phi) is 31.8. The van der Waals surface area contributed by atoms with Crippen LogP contribution in [0.1, 0.15) is 258 Å². The summed E-state index contributed by atoms with van der Waals surface area (Å²) < 4.78 is 32.2. The predicted octanol–water partition coefficient (Wildman–Crippen LogP) is 16.5. The number of Topliss-reactive ketones (excluding diaryl/α,β-unsaturated/α-hetero) is 1. The number of hydrogen-bond acceptors (Lipinski definition) is 6. The number of aromatic hydroxyl groups is 1. The Bertz CT molecular complexity index is 1830. The molecular formula is C60H102N3O5S+. The second-order valence-electron chi connectivity index (χ2n) is 20.5. The number of benzene rings is 1. The molecule has 3 N–H and O–H groups in total. The Morgan fingerprint density at radius 1 is 0.522 bits per heavy atom. The van der Waals surface area contributed by atoms with Gasteiger partial charge in [-0.25, -0.2) is 13.0 Å². The van der Waals surface area contributed by atoms with Crippen molar-refractivity contribution >= 4 is 32.8 Å². The molecule has 3 rings (SSSR count). The molecule has 8 nitrogen and oxygen atoms in total. The van der Waals surface area contributed by atoms with Crippen molar-refractivity contribution < 1.29 is 28.0 Å². The number of carbonyl (C=O) groups excluding carboxylic acids is 1. The molecule has 0 radical (unpaired) electrons. The van der Waals surface area contributed by atoms with Gasteiger partial charge in [0.2, 0.25) is 21.5 Å². The van der Waals surface area contributed by atoms with E-state index in [1.165, 1.54) is 167 Å².